The van der Waals surface area contributed by atoms with Gasteiger partial charge in [0.1, 0.15) is 11.5 Å². The largest absolute Gasteiger partial charge is 0.497 e. The summed E-state index contributed by atoms with van der Waals surface area (Å²) >= 11 is 0. The molecule has 0 bridgehead atoms. The Morgan fingerprint density at radius 3 is 2.64 bits per heavy atom. The molecule has 0 aliphatic carbocycles. The number of fused-ring (bicyclic) bond motifs is 1. The van der Waals surface area contributed by atoms with E-state index < -0.39 is 6.17 Å². The number of benzene rings is 2. The van der Waals surface area contributed by atoms with Gasteiger partial charge in [-0.2, -0.15) is 0 Å². The van der Waals surface area contributed by atoms with Crippen LogP contribution in [0.25, 0.3) is 0 Å². The van der Waals surface area contributed by atoms with Crippen molar-refractivity contribution < 1.29 is 14.3 Å². The lowest BCUT2D eigenvalue weighted by molar-refractivity contribution is 0.0993. The molecule has 2 aromatic carbocycles. The number of hydrogen-bond donors (Lipinski definition) is 1. The smallest absolute Gasteiger partial charge is 0.262 e. The first kappa shape index (κ1) is 17.9. The third-order valence-electron chi connectivity index (χ3n) is 4.60. The zero-order valence-electron chi connectivity index (χ0n) is 15.8. The number of nitrogens with one attached hydrogen (secondary N) is 1. The minimum absolute atomic E-state index is 0.0901. The molecule has 6 nitrogen and oxygen atoms in total. The van der Waals surface area contributed by atoms with Crippen molar-refractivity contribution in [2.75, 3.05) is 23.9 Å². The van der Waals surface area contributed by atoms with Gasteiger partial charge in [-0.05, 0) is 55.5 Å². The molecule has 1 amide bonds. The van der Waals surface area contributed by atoms with Gasteiger partial charge >= 0.3 is 0 Å². The first-order valence-corrected chi connectivity index (χ1v) is 9.13. The molecule has 0 fully saturated rings. The minimum Gasteiger partial charge on any atom is -0.497 e. The molecule has 6 heteroatoms. The summed E-state index contributed by atoms with van der Waals surface area (Å²) in [5.74, 6) is 1.42. The van der Waals surface area contributed by atoms with Crippen LogP contribution < -0.4 is 19.7 Å². The molecule has 1 aliphatic rings. The number of pyridine rings is 1. The Morgan fingerprint density at radius 1 is 1.07 bits per heavy atom. The molecule has 2 heterocycles. The fourth-order valence-corrected chi connectivity index (χ4v) is 3.33. The Labute approximate surface area is 163 Å². The lowest BCUT2D eigenvalue weighted by atomic mass is 10.2. The standard InChI is InChI=1S/C22H21N3O3/c1-3-28-17-11-9-16(10-12-17)25-21(20-19(22(25)26)8-5-13-23-20)24-15-6-4-7-18(14-15)27-2/h4-14,21,24H,3H2,1-2H3/t21-/m1/s1. The molecule has 0 spiro atoms. The molecule has 1 N–H and O–H groups in total. The summed E-state index contributed by atoms with van der Waals surface area (Å²) in [6.45, 7) is 2.53. The molecule has 1 aliphatic heterocycles. The predicted molar refractivity (Wildman–Crippen MR) is 108 cm³/mol. The highest BCUT2D eigenvalue weighted by Gasteiger charge is 2.39. The third kappa shape index (κ3) is 3.24. The number of hydrogen-bond acceptors (Lipinski definition) is 5. The van der Waals surface area contributed by atoms with Crippen molar-refractivity contribution in [3.8, 4) is 11.5 Å². The van der Waals surface area contributed by atoms with Crippen molar-refractivity contribution in [1.82, 2.24) is 4.98 Å². The van der Waals surface area contributed by atoms with Crippen molar-refractivity contribution in [3.05, 3.63) is 78.1 Å². The van der Waals surface area contributed by atoms with Gasteiger partial charge in [-0.25, -0.2) is 0 Å². The maximum Gasteiger partial charge on any atom is 0.262 e. The number of methoxy groups -OCH3 is 1. The SMILES string of the molecule is CCOc1ccc(N2C(=O)c3cccnc3[C@@H]2Nc2cccc(OC)c2)cc1. The topological polar surface area (TPSA) is 63.7 Å². The first-order valence-electron chi connectivity index (χ1n) is 9.13. The van der Waals surface area contributed by atoms with E-state index in [0.717, 1.165) is 22.9 Å². The number of aromatic nitrogens is 1. The molecule has 0 saturated heterocycles. The molecule has 1 aromatic heterocycles. The van der Waals surface area contributed by atoms with Crippen LogP contribution in [-0.4, -0.2) is 24.6 Å². The first-order chi connectivity index (χ1) is 13.7. The maximum absolute atomic E-state index is 13.1. The second-order valence-corrected chi connectivity index (χ2v) is 6.32. The van der Waals surface area contributed by atoms with Crippen molar-refractivity contribution in [2.45, 2.75) is 13.1 Å². The molecule has 142 valence electrons. The minimum atomic E-state index is -0.422. The van der Waals surface area contributed by atoms with Gasteiger partial charge < -0.3 is 14.8 Å². The Hall–Kier alpha value is -3.54. The van der Waals surface area contributed by atoms with Gasteiger partial charge in [-0.15, -0.1) is 0 Å². The third-order valence-corrected chi connectivity index (χ3v) is 4.60. The number of anilines is 2. The summed E-state index contributed by atoms with van der Waals surface area (Å²) < 4.78 is 10.8. The van der Waals surface area contributed by atoms with Crippen molar-refractivity contribution in [3.63, 3.8) is 0 Å². The summed E-state index contributed by atoms with van der Waals surface area (Å²) in [6.07, 6.45) is 1.28. The van der Waals surface area contributed by atoms with Crippen LogP contribution in [0.3, 0.4) is 0 Å². The van der Waals surface area contributed by atoms with E-state index in [1.165, 1.54) is 0 Å². The van der Waals surface area contributed by atoms with Gasteiger partial charge in [0.2, 0.25) is 0 Å². The predicted octanol–water partition coefficient (Wildman–Crippen LogP) is 4.26. The molecular weight excluding hydrogens is 354 g/mol. The average molecular weight is 375 g/mol. The lowest BCUT2D eigenvalue weighted by Crippen LogP contribution is -2.32. The Balaban J connectivity index is 1.72. The molecule has 28 heavy (non-hydrogen) atoms. The Kier molecular flexibility index (Phi) is 4.85. The fraction of sp³-hybridized carbons (Fsp3) is 0.182. The number of nitrogens with zero attached hydrogens (tertiary/aromatic N) is 2. The fourth-order valence-electron chi connectivity index (χ4n) is 3.33. The van der Waals surface area contributed by atoms with E-state index >= 15 is 0 Å². The second-order valence-electron chi connectivity index (χ2n) is 6.32. The number of carbonyl (C=O) groups is 1. The van der Waals surface area contributed by atoms with Gasteiger partial charge in [0.15, 0.2) is 6.17 Å². The van der Waals surface area contributed by atoms with Crippen LogP contribution in [0.1, 0.15) is 29.1 Å². The summed E-state index contributed by atoms with van der Waals surface area (Å²) in [7, 11) is 1.63. The van der Waals surface area contributed by atoms with Gasteiger partial charge in [-0.3, -0.25) is 14.7 Å². The monoisotopic (exact) mass is 375 g/mol. The number of rotatable bonds is 6. The molecule has 1 atom stereocenters. The normalized spacial score (nSPS) is 15.3. The van der Waals surface area contributed by atoms with Crippen LogP contribution in [0, 0.1) is 0 Å². The van der Waals surface area contributed by atoms with Gasteiger partial charge in [-0.1, -0.05) is 6.07 Å². The van der Waals surface area contributed by atoms with Crippen LogP contribution >= 0.6 is 0 Å². The van der Waals surface area contributed by atoms with E-state index in [1.807, 2.05) is 55.5 Å². The highest BCUT2D eigenvalue weighted by atomic mass is 16.5. The van der Waals surface area contributed by atoms with Crippen molar-refractivity contribution in [1.29, 1.82) is 0 Å². The molecule has 0 saturated carbocycles. The van der Waals surface area contributed by atoms with E-state index in [9.17, 15) is 4.79 Å². The molecule has 0 radical (unpaired) electrons. The lowest BCUT2D eigenvalue weighted by Gasteiger charge is -2.27. The molecule has 3 aromatic rings. The highest BCUT2D eigenvalue weighted by Crippen LogP contribution is 2.37. The van der Waals surface area contributed by atoms with Crippen LogP contribution in [0.5, 0.6) is 11.5 Å². The zero-order valence-corrected chi connectivity index (χ0v) is 15.8. The molecular formula is C22H21N3O3. The van der Waals surface area contributed by atoms with E-state index in [2.05, 4.69) is 10.3 Å². The van der Waals surface area contributed by atoms with E-state index in [-0.39, 0.29) is 5.91 Å². The number of ether oxygens (including phenoxy) is 2. The summed E-state index contributed by atoms with van der Waals surface area (Å²) in [6, 6.07) is 18.7. The second kappa shape index (κ2) is 7.60. The Bertz CT molecular complexity index is 988. The van der Waals surface area contributed by atoms with Crippen LogP contribution in [0.2, 0.25) is 0 Å². The van der Waals surface area contributed by atoms with E-state index in [1.54, 1.807) is 30.3 Å². The molecule has 4 rings (SSSR count). The van der Waals surface area contributed by atoms with Crippen LogP contribution in [0.4, 0.5) is 11.4 Å². The van der Waals surface area contributed by atoms with Gasteiger partial charge in [0, 0.05) is 23.6 Å². The Morgan fingerprint density at radius 2 is 1.89 bits per heavy atom. The maximum atomic E-state index is 13.1. The van der Waals surface area contributed by atoms with Crippen LogP contribution in [-0.2, 0) is 0 Å². The average Bonchev–Trinajstić information content (AvgIpc) is 3.01. The van der Waals surface area contributed by atoms with E-state index in [4.69, 9.17) is 9.47 Å². The van der Waals surface area contributed by atoms with Crippen molar-refractivity contribution in [2.24, 2.45) is 0 Å². The van der Waals surface area contributed by atoms with Crippen LogP contribution in [0.15, 0.2) is 66.9 Å². The number of carbonyl (C=O) groups excluding carboxylic acids is 1. The van der Waals surface area contributed by atoms with Gasteiger partial charge in [0.05, 0.1) is 25.0 Å². The quantitative estimate of drug-likeness (QED) is 0.697. The van der Waals surface area contributed by atoms with E-state index in [0.29, 0.717) is 17.9 Å². The summed E-state index contributed by atoms with van der Waals surface area (Å²) in [5, 5.41) is 3.42. The highest BCUT2D eigenvalue weighted by molar-refractivity contribution is 6.11. The summed E-state index contributed by atoms with van der Waals surface area (Å²) in [5.41, 5.74) is 2.90. The molecule has 0 unspecified atom stereocenters. The zero-order chi connectivity index (χ0) is 19.5. The van der Waals surface area contributed by atoms with Crippen molar-refractivity contribution >= 4 is 17.3 Å². The van der Waals surface area contributed by atoms with Gasteiger partial charge in [0.25, 0.3) is 5.91 Å². The summed E-state index contributed by atoms with van der Waals surface area (Å²) in [4.78, 5) is 19.3. The number of amides is 1.